The molecule has 0 spiro atoms. The maximum atomic E-state index is 6.02. The van der Waals surface area contributed by atoms with E-state index in [2.05, 4.69) is 25.1 Å². The average molecular weight is 291 g/mol. The lowest BCUT2D eigenvalue weighted by atomic mass is 10.2. The molecule has 3 aromatic rings. The molecule has 0 fully saturated rings. The topological polar surface area (TPSA) is 107 Å². The minimum absolute atomic E-state index is 0.353. The Morgan fingerprint density at radius 1 is 1.35 bits per heavy atom. The Hall–Kier alpha value is -2.25. The molecule has 0 saturated carbocycles. The van der Waals surface area contributed by atoms with Crippen LogP contribution in [0.3, 0.4) is 0 Å². The fraction of sp³-hybridized carbons (Fsp3) is 0.167. The van der Waals surface area contributed by atoms with Crippen molar-refractivity contribution in [3.05, 3.63) is 47.5 Å². The number of imidazole rings is 1. The molecule has 0 radical (unpaired) electrons. The summed E-state index contributed by atoms with van der Waals surface area (Å²) in [6.45, 7) is 0. The number of H-pyrrole nitrogens is 1. The van der Waals surface area contributed by atoms with Crippen molar-refractivity contribution < 1.29 is 4.52 Å². The van der Waals surface area contributed by atoms with Gasteiger partial charge in [-0.25, -0.2) is 4.98 Å². The summed E-state index contributed by atoms with van der Waals surface area (Å²) >= 11 is 5.78. The van der Waals surface area contributed by atoms with Gasteiger partial charge < -0.3 is 15.2 Å². The molecule has 0 bridgehead atoms. The molecule has 1 atom stereocenters. The van der Waals surface area contributed by atoms with Gasteiger partial charge in [0.15, 0.2) is 0 Å². The summed E-state index contributed by atoms with van der Waals surface area (Å²) in [7, 11) is 0. The summed E-state index contributed by atoms with van der Waals surface area (Å²) in [6.07, 6.45) is 5.37. The molecule has 8 heteroatoms. The molecular formula is C12H11ClN6O. The Morgan fingerprint density at radius 3 is 2.95 bits per heavy atom. The lowest BCUT2D eigenvalue weighted by Crippen LogP contribution is -2.14. The largest absolute Gasteiger partial charge is 0.348 e. The Morgan fingerprint density at radius 2 is 2.25 bits per heavy atom. The zero-order chi connectivity index (χ0) is 13.9. The van der Waals surface area contributed by atoms with Crippen LogP contribution >= 0.6 is 11.6 Å². The molecule has 0 saturated heterocycles. The average Bonchev–Trinajstić information content (AvgIpc) is 3.10. The predicted octanol–water partition coefficient (Wildman–Crippen LogP) is 1.75. The molecule has 20 heavy (non-hydrogen) atoms. The number of nitrogens with two attached hydrogens (primary N) is 1. The van der Waals surface area contributed by atoms with Gasteiger partial charge in [0.2, 0.25) is 11.7 Å². The minimum atomic E-state index is -0.399. The van der Waals surface area contributed by atoms with Crippen LogP contribution in [0.25, 0.3) is 11.5 Å². The van der Waals surface area contributed by atoms with Crippen LogP contribution in [0.4, 0.5) is 0 Å². The Kier molecular flexibility index (Phi) is 3.44. The first-order valence-electron chi connectivity index (χ1n) is 5.91. The van der Waals surface area contributed by atoms with Gasteiger partial charge in [-0.2, -0.15) is 4.98 Å². The first-order chi connectivity index (χ1) is 9.72. The normalized spacial score (nSPS) is 12.5. The van der Waals surface area contributed by atoms with Gasteiger partial charge in [-0.05, 0) is 12.1 Å². The first-order valence-corrected chi connectivity index (χ1v) is 6.28. The van der Waals surface area contributed by atoms with Gasteiger partial charge in [0.05, 0.1) is 17.4 Å². The molecule has 3 aromatic heterocycles. The van der Waals surface area contributed by atoms with Crippen LogP contribution in [0.1, 0.15) is 17.6 Å². The molecular weight excluding hydrogens is 280 g/mol. The quantitative estimate of drug-likeness (QED) is 0.758. The van der Waals surface area contributed by atoms with Crippen molar-refractivity contribution in [1.82, 2.24) is 25.1 Å². The van der Waals surface area contributed by atoms with Crippen LogP contribution in [0, 0.1) is 0 Å². The summed E-state index contributed by atoms with van der Waals surface area (Å²) in [6, 6.07) is 3.03. The molecule has 3 heterocycles. The van der Waals surface area contributed by atoms with Gasteiger partial charge in [0.25, 0.3) is 0 Å². The zero-order valence-corrected chi connectivity index (χ0v) is 11.1. The van der Waals surface area contributed by atoms with Crippen molar-refractivity contribution in [1.29, 1.82) is 0 Å². The van der Waals surface area contributed by atoms with Crippen LogP contribution in [0.2, 0.25) is 5.02 Å². The van der Waals surface area contributed by atoms with E-state index in [1.165, 1.54) is 6.20 Å². The number of aromatic amines is 1. The molecule has 0 aliphatic rings. The highest BCUT2D eigenvalue weighted by Crippen LogP contribution is 2.19. The van der Waals surface area contributed by atoms with Gasteiger partial charge >= 0.3 is 0 Å². The number of nitrogens with zero attached hydrogens (tertiary/aromatic N) is 4. The van der Waals surface area contributed by atoms with E-state index >= 15 is 0 Å². The Bertz CT molecular complexity index is 678. The van der Waals surface area contributed by atoms with Crippen LogP contribution in [-0.2, 0) is 6.42 Å². The molecule has 102 valence electrons. The van der Waals surface area contributed by atoms with Gasteiger partial charge in [-0.3, -0.25) is 4.98 Å². The van der Waals surface area contributed by atoms with Crippen LogP contribution in [-0.4, -0.2) is 25.1 Å². The van der Waals surface area contributed by atoms with Crippen LogP contribution < -0.4 is 5.73 Å². The summed E-state index contributed by atoms with van der Waals surface area (Å²) in [5, 5.41) is 4.42. The van der Waals surface area contributed by atoms with Crippen LogP contribution in [0.5, 0.6) is 0 Å². The van der Waals surface area contributed by atoms with Crippen LogP contribution in [0.15, 0.2) is 35.4 Å². The minimum Gasteiger partial charge on any atom is -0.348 e. The molecule has 3 N–H and O–H groups in total. The van der Waals surface area contributed by atoms with Crippen molar-refractivity contribution in [2.75, 3.05) is 0 Å². The monoisotopic (exact) mass is 290 g/mol. The fourth-order valence-corrected chi connectivity index (χ4v) is 1.83. The third-order valence-electron chi connectivity index (χ3n) is 2.71. The maximum absolute atomic E-state index is 6.02. The summed E-state index contributed by atoms with van der Waals surface area (Å²) < 4.78 is 5.17. The number of pyridine rings is 1. The predicted molar refractivity (Wildman–Crippen MR) is 71.8 cm³/mol. The number of hydrogen-bond acceptors (Lipinski definition) is 6. The molecule has 0 amide bonds. The van der Waals surface area contributed by atoms with Crippen molar-refractivity contribution in [3.8, 4) is 11.5 Å². The number of hydrogen-bond donors (Lipinski definition) is 2. The van der Waals surface area contributed by atoms with E-state index in [4.69, 9.17) is 21.9 Å². The van der Waals surface area contributed by atoms with Crippen molar-refractivity contribution in [2.45, 2.75) is 12.5 Å². The summed E-state index contributed by atoms with van der Waals surface area (Å²) in [5.74, 6) is 0.739. The molecule has 0 unspecified atom stereocenters. The lowest BCUT2D eigenvalue weighted by molar-refractivity contribution is 0.354. The van der Waals surface area contributed by atoms with Gasteiger partial charge in [0, 0.05) is 24.5 Å². The molecule has 3 rings (SSSR count). The Labute approximate surface area is 119 Å². The number of aromatic nitrogens is 5. The van der Waals surface area contributed by atoms with E-state index in [1.807, 2.05) is 0 Å². The highest BCUT2D eigenvalue weighted by molar-refractivity contribution is 6.30. The highest BCUT2D eigenvalue weighted by Gasteiger charge is 2.17. The fourth-order valence-electron chi connectivity index (χ4n) is 1.72. The second-order valence-corrected chi connectivity index (χ2v) is 4.64. The smallest absolute Gasteiger partial charge is 0.244 e. The Balaban J connectivity index is 1.77. The number of rotatable bonds is 4. The van der Waals surface area contributed by atoms with E-state index in [1.54, 1.807) is 24.7 Å². The van der Waals surface area contributed by atoms with Crippen molar-refractivity contribution >= 4 is 11.6 Å². The molecule has 0 aromatic carbocycles. The third kappa shape index (κ3) is 2.68. The zero-order valence-electron chi connectivity index (χ0n) is 10.3. The van der Waals surface area contributed by atoms with Crippen molar-refractivity contribution in [2.24, 2.45) is 5.73 Å². The van der Waals surface area contributed by atoms with Gasteiger partial charge in [0.1, 0.15) is 5.69 Å². The summed E-state index contributed by atoms with van der Waals surface area (Å²) in [5.41, 5.74) is 7.50. The molecule has 0 aliphatic heterocycles. The molecule has 0 aliphatic carbocycles. The maximum Gasteiger partial charge on any atom is 0.244 e. The standard InChI is InChI=1S/C12H11ClN6O/c13-7-1-2-10(16-4-7)11-18-12(20-19-11)9(14)3-8-5-15-6-17-8/h1-2,4-6,9H,3,14H2,(H,15,17)/t9-/m1/s1. The van der Waals surface area contributed by atoms with E-state index in [0.717, 1.165) is 5.69 Å². The van der Waals surface area contributed by atoms with E-state index in [9.17, 15) is 0 Å². The third-order valence-corrected chi connectivity index (χ3v) is 2.93. The van der Waals surface area contributed by atoms with E-state index in [0.29, 0.717) is 28.9 Å². The van der Waals surface area contributed by atoms with E-state index < -0.39 is 6.04 Å². The lowest BCUT2D eigenvalue weighted by Gasteiger charge is -2.03. The van der Waals surface area contributed by atoms with Crippen molar-refractivity contribution in [3.63, 3.8) is 0 Å². The number of nitrogens with one attached hydrogen (secondary N) is 1. The first kappa shape index (κ1) is 12.8. The SMILES string of the molecule is N[C@H](Cc1cnc[nH]1)c1nc(-c2ccc(Cl)cn2)no1. The second-order valence-electron chi connectivity index (χ2n) is 4.21. The van der Waals surface area contributed by atoms with E-state index in [-0.39, 0.29) is 0 Å². The second kappa shape index (κ2) is 5.40. The van der Waals surface area contributed by atoms with Gasteiger partial charge in [-0.15, -0.1) is 0 Å². The van der Waals surface area contributed by atoms with Gasteiger partial charge in [-0.1, -0.05) is 16.8 Å². The molecule has 7 nitrogen and oxygen atoms in total. The summed E-state index contributed by atoms with van der Waals surface area (Å²) in [4.78, 5) is 15.3. The highest BCUT2D eigenvalue weighted by atomic mass is 35.5. The number of halogens is 1.